The van der Waals surface area contributed by atoms with E-state index in [0.717, 1.165) is 87.8 Å². The van der Waals surface area contributed by atoms with Crippen molar-refractivity contribution in [2.24, 2.45) is 0 Å². The van der Waals surface area contributed by atoms with Gasteiger partial charge in [0, 0.05) is 54.5 Å². The lowest BCUT2D eigenvalue weighted by molar-refractivity contribution is 1.12. The molecule has 0 aliphatic carbocycles. The fourth-order valence-corrected chi connectivity index (χ4v) is 12.0. The van der Waals surface area contributed by atoms with Gasteiger partial charge in [-0.25, -0.2) is 0 Å². The summed E-state index contributed by atoms with van der Waals surface area (Å²) >= 11 is 0. The molecule has 0 atom stereocenters. The lowest BCUT2D eigenvalue weighted by Crippen LogP contribution is -2.04. The van der Waals surface area contributed by atoms with E-state index in [0.29, 0.717) is 22.5 Å². The summed E-state index contributed by atoms with van der Waals surface area (Å²) in [6, 6.07) is 82.1. The Bertz CT molecular complexity index is 4530. The first kappa shape index (κ1) is 38.2. The number of rotatable bonds is 4. The summed E-state index contributed by atoms with van der Waals surface area (Å²) in [6.45, 7) is 0. The van der Waals surface area contributed by atoms with Gasteiger partial charge in [0.2, 0.25) is 0 Å². The van der Waals surface area contributed by atoms with Crippen LogP contribution in [0.3, 0.4) is 0 Å². The second kappa shape index (κ2) is 14.3. The van der Waals surface area contributed by atoms with Crippen LogP contribution >= 0.6 is 0 Å². The van der Waals surface area contributed by atoms with Crippen LogP contribution in [0.2, 0.25) is 0 Å². The molecule has 0 spiro atoms. The van der Waals surface area contributed by atoms with Gasteiger partial charge in [-0.1, -0.05) is 146 Å². The summed E-state index contributed by atoms with van der Waals surface area (Å²) in [5.74, 6) is 0. The normalized spacial score (nSPS) is 12.0. The number of hydrogen-bond donors (Lipinski definition) is 0. The molecule has 0 aliphatic heterocycles. The van der Waals surface area contributed by atoms with E-state index in [1.54, 1.807) is 0 Å². The van der Waals surface area contributed by atoms with Crippen LogP contribution in [0, 0.1) is 22.7 Å². The van der Waals surface area contributed by atoms with Crippen molar-refractivity contribution < 1.29 is 0 Å². The maximum atomic E-state index is 11.3. The lowest BCUT2D eigenvalue weighted by Gasteiger charge is -2.16. The molecule has 0 fully saturated rings. The van der Waals surface area contributed by atoms with Crippen LogP contribution in [0.25, 0.3) is 132 Å². The minimum absolute atomic E-state index is 0.461. The van der Waals surface area contributed by atoms with Crippen molar-refractivity contribution in [2.45, 2.75) is 0 Å². The molecule has 0 unspecified atom stereocenters. The van der Waals surface area contributed by atoms with E-state index in [1.807, 2.05) is 12.1 Å². The second-order valence-corrected chi connectivity index (χ2v) is 18.2. The molecule has 15 rings (SSSR count). The number of fused-ring (bicyclic) bond motifs is 18. The minimum atomic E-state index is 0.461. The van der Waals surface area contributed by atoms with E-state index in [2.05, 4.69) is 237 Å². The van der Waals surface area contributed by atoms with Crippen LogP contribution in [-0.2, 0) is 0 Å². The Morgan fingerprint density at radius 1 is 0.271 bits per heavy atom. The number of benzene rings is 11. The molecule has 0 amide bonds. The molecule has 15 aromatic rings. The Morgan fingerprint density at radius 2 is 0.629 bits per heavy atom. The predicted octanol–water partition coefficient (Wildman–Crippen LogP) is 16.1. The molecule has 6 heteroatoms. The summed E-state index contributed by atoms with van der Waals surface area (Å²) < 4.78 is 9.17. The average molecular weight is 889 g/mol. The van der Waals surface area contributed by atoms with Gasteiger partial charge in [-0.05, 0) is 94.3 Å². The van der Waals surface area contributed by atoms with Gasteiger partial charge in [0.1, 0.15) is 12.1 Å². The van der Waals surface area contributed by atoms with Gasteiger partial charge in [-0.2, -0.15) is 10.5 Å². The predicted molar refractivity (Wildman–Crippen MR) is 288 cm³/mol. The summed E-state index contributed by atoms with van der Waals surface area (Å²) in [6.07, 6.45) is 0. The molecule has 0 radical (unpaired) electrons. The van der Waals surface area contributed by atoms with Crippen molar-refractivity contribution in [3.63, 3.8) is 0 Å². The van der Waals surface area contributed by atoms with Crippen molar-refractivity contribution >= 4 is 109 Å². The highest BCUT2D eigenvalue weighted by Crippen LogP contribution is 2.47. The molecule has 4 heterocycles. The first-order chi connectivity index (χ1) is 34.7. The van der Waals surface area contributed by atoms with Crippen LogP contribution in [0.4, 0.5) is 0 Å². The monoisotopic (exact) mass is 888 g/mol. The Balaban J connectivity index is 1.03. The quantitative estimate of drug-likeness (QED) is 0.177. The topological polar surface area (TPSA) is 67.3 Å². The Labute approximate surface area is 400 Å². The molecule has 322 valence electrons. The van der Waals surface area contributed by atoms with Crippen molar-refractivity contribution in [3.05, 3.63) is 230 Å². The molecule has 0 N–H and O–H groups in total. The number of aromatic nitrogens is 4. The van der Waals surface area contributed by atoms with E-state index < -0.39 is 0 Å². The van der Waals surface area contributed by atoms with Crippen LogP contribution in [0.1, 0.15) is 11.1 Å². The van der Waals surface area contributed by atoms with Gasteiger partial charge in [0.25, 0.3) is 0 Å². The molecular weight excluding hydrogens is 853 g/mol. The first-order valence-electron chi connectivity index (χ1n) is 23.6. The average Bonchev–Trinajstić information content (AvgIpc) is 4.16. The van der Waals surface area contributed by atoms with Crippen LogP contribution < -0.4 is 0 Å². The van der Waals surface area contributed by atoms with Gasteiger partial charge >= 0.3 is 0 Å². The second-order valence-electron chi connectivity index (χ2n) is 18.2. The zero-order chi connectivity index (χ0) is 46.2. The van der Waals surface area contributed by atoms with Crippen molar-refractivity contribution in [3.8, 4) is 34.9 Å². The number of hydrogen-bond acceptors (Lipinski definition) is 2. The zero-order valence-corrected chi connectivity index (χ0v) is 37.5. The highest BCUT2D eigenvalue weighted by atomic mass is 15.0. The van der Waals surface area contributed by atoms with Crippen molar-refractivity contribution in [2.75, 3.05) is 0 Å². The molecule has 0 aliphatic rings. The molecule has 4 aromatic heterocycles. The Kier molecular flexibility index (Phi) is 7.82. The van der Waals surface area contributed by atoms with E-state index in [4.69, 9.17) is 0 Å². The van der Waals surface area contributed by atoms with Crippen LogP contribution in [0.15, 0.2) is 218 Å². The third kappa shape index (κ3) is 5.03. The van der Waals surface area contributed by atoms with Gasteiger partial charge in [0.15, 0.2) is 0 Å². The fraction of sp³-hybridized carbons (Fsp3) is 0. The zero-order valence-electron chi connectivity index (χ0n) is 37.5. The fourth-order valence-electron chi connectivity index (χ4n) is 12.0. The molecule has 0 bridgehead atoms. The first-order valence-corrected chi connectivity index (χ1v) is 23.6. The molecule has 0 saturated carbocycles. The Morgan fingerprint density at radius 3 is 1.06 bits per heavy atom. The summed E-state index contributed by atoms with van der Waals surface area (Å²) in [7, 11) is 0. The van der Waals surface area contributed by atoms with Crippen LogP contribution in [-0.4, -0.2) is 18.3 Å². The van der Waals surface area contributed by atoms with E-state index in [9.17, 15) is 10.5 Å². The standard InChI is InChI=1S/C64H36N6/c65-37-41-36-58(70-52-26-14-12-24-48(52)62-56(70)34-30-50-60-46-22-10-8-16-40(46)28-32-54(60)68(64(50)62)44-19-5-2-6-20-44)42(38-66)35-57(41)69-51-25-13-11-23-47(51)61-55(69)33-29-49-59-45-21-9-7-15-39(45)27-31-53(59)67(63(49)61)43-17-3-1-4-18-43/h1-36H. The van der Waals surface area contributed by atoms with E-state index in [1.165, 1.54) is 32.3 Å². The highest BCUT2D eigenvalue weighted by Gasteiger charge is 2.26. The largest absolute Gasteiger partial charge is 0.309 e. The molecule has 70 heavy (non-hydrogen) atoms. The van der Waals surface area contributed by atoms with Gasteiger partial charge < -0.3 is 18.3 Å². The summed E-state index contributed by atoms with van der Waals surface area (Å²) in [4.78, 5) is 0. The SMILES string of the molecule is N#Cc1cc(-n2c3ccccc3c3c2ccc2c4c5ccccc5ccc4n(-c4ccccc4)c23)c(C#N)cc1-n1c2ccccc2c2c1ccc1c3c4ccccc4ccc3n(-c3ccccc3)c12. The van der Waals surface area contributed by atoms with Crippen LogP contribution in [0.5, 0.6) is 0 Å². The smallest absolute Gasteiger partial charge is 0.101 e. The molecule has 6 nitrogen and oxygen atoms in total. The molecular formula is C64H36N6. The van der Waals surface area contributed by atoms with Gasteiger partial charge in [-0.15, -0.1) is 0 Å². The third-order valence-electron chi connectivity index (χ3n) is 14.8. The minimum Gasteiger partial charge on any atom is -0.309 e. The number of para-hydroxylation sites is 4. The summed E-state index contributed by atoms with van der Waals surface area (Å²) in [5.41, 5.74) is 12.6. The van der Waals surface area contributed by atoms with Crippen molar-refractivity contribution in [1.29, 1.82) is 10.5 Å². The highest BCUT2D eigenvalue weighted by molar-refractivity contribution is 6.32. The van der Waals surface area contributed by atoms with E-state index in [-0.39, 0.29) is 0 Å². The van der Waals surface area contributed by atoms with Crippen molar-refractivity contribution in [1.82, 2.24) is 18.3 Å². The van der Waals surface area contributed by atoms with Gasteiger partial charge in [-0.3, -0.25) is 0 Å². The van der Waals surface area contributed by atoms with Gasteiger partial charge in [0.05, 0.1) is 66.6 Å². The summed E-state index contributed by atoms with van der Waals surface area (Å²) in [5, 5.41) is 36.4. The van der Waals surface area contributed by atoms with E-state index >= 15 is 0 Å². The number of nitrogens with zero attached hydrogens (tertiary/aromatic N) is 6. The third-order valence-corrected chi connectivity index (χ3v) is 14.8. The molecule has 0 saturated heterocycles. The lowest BCUT2D eigenvalue weighted by atomic mass is 10.0. The number of nitriles is 2. The maximum absolute atomic E-state index is 11.3. The Hall–Kier alpha value is -9.88. The molecule has 11 aromatic carbocycles. The maximum Gasteiger partial charge on any atom is 0.101 e.